The van der Waals surface area contributed by atoms with E-state index in [1.165, 1.54) is 46.5 Å². The fourth-order valence-electron chi connectivity index (χ4n) is 4.85. The summed E-state index contributed by atoms with van der Waals surface area (Å²) in [7, 11) is 0. The summed E-state index contributed by atoms with van der Waals surface area (Å²) in [6.45, 7) is 27.4. The smallest absolute Gasteiger partial charge is 0.0674 e. The van der Waals surface area contributed by atoms with Gasteiger partial charge in [0.1, 0.15) is 0 Å². The van der Waals surface area contributed by atoms with Crippen LogP contribution in [0.5, 0.6) is 0 Å². The number of aliphatic imine (C=N–C) groups is 2. The average Bonchev–Trinajstić information content (AvgIpc) is 2.72. The molecule has 0 bridgehead atoms. The predicted molar refractivity (Wildman–Crippen MR) is 160 cm³/mol. The van der Waals surface area contributed by atoms with Gasteiger partial charge in [0, 0.05) is 0 Å². The largest absolute Gasteiger partial charge is 0.251 e. The fourth-order valence-corrected chi connectivity index (χ4v) is 4.85. The van der Waals surface area contributed by atoms with Crippen molar-refractivity contribution in [1.82, 2.24) is 0 Å². The highest BCUT2D eigenvalue weighted by Gasteiger charge is 2.25. The number of nitrogens with zero attached hydrogens (tertiary/aromatic N) is 2. The topological polar surface area (TPSA) is 24.7 Å². The summed E-state index contributed by atoms with van der Waals surface area (Å²) in [6, 6.07) is 13.8. The predicted octanol–water partition coefficient (Wildman–Crippen LogP) is 10.3. The molecular formula is C34H50N2. The van der Waals surface area contributed by atoms with Crippen LogP contribution in [0.25, 0.3) is 0 Å². The maximum Gasteiger partial charge on any atom is 0.0674 e. The van der Waals surface area contributed by atoms with E-state index in [4.69, 9.17) is 9.98 Å². The van der Waals surface area contributed by atoms with Crippen molar-refractivity contribution in [1.29, 1.82) is 0 Å². The van der Waals surface area contributed by atoms with Gasteiger partial charge in [-0.3, -0.25) is 9.98 Å². The molecule has 0 aromatic heterocycles. The molecule has 1 aliphatic carbocycles. The van der Waals surface area contributed by atoms with E-state index in [-0.39, 0.29) is 21.7 Å². The molecule has 0 aliphatic heterocycles. The minimum absolute atomic E-state index is 0.0300. The highest BCUT2D eigenvalue weighted by molar-refractivity contribution is 6.43. The first-order valence-corrected chi connectivity index (χ1v) is 13.8. The SMILES string of the molecule is CC(C)(C)c1ccc(C(C)(C)C)c(N=C2CCCCC2=Nc2cc(C(C)(C)C)ccc2C(C)(C)C)c1. The second kappa shape index (κ2) is 9.92. The molecule has 0 radical (unpaired) electrons. The molecule has 1 saturated carbocycles. The summed E-state index contributed by atoms with van der Waals surface area (Å²) >= 11 is 0. The van der Waals surface area contributed by atoms with Crippen molar-refractivity contribution < 1.29 is 0 Å². The number of hydrogen-bond acceptors (Lipinski definition) is 2. The number of hydrogen-bond donors (Lipinski definition) is 0. The van der Waals surface area contributed by atoms with E-state index in [9.17, 15) is 0 Å². The summed E-state index contributed by atoms with van der Waals surface area (Å²) in [6.07, 6.45) is 4.34. The Balaban J connectivity index is 2.21. The van der Waals surface area contributed by atoms with Gasteiger partial charge in [-0.05, 0) is 81.7 Å². The molecule has 0 heterocycles. The normalized spacial score (nSPS) is 18.2. The number of rotatable bonds is 2. The highest BCUT2D eigenvalue weighted by atomic mass is 14.8. The first-order valence-electron chi connectivity index (χ1n) is 13.8. The average molecular weight is 487 g/mol. The van der Waals surface area contributed by atoms with Crippen LogP contribution in [0.4, 0.5) is 11.4 Å². The van der Waals surface area contributed by atoms with Crippen LogP contribution < -0.4 is 0 Å². The van der Waals surface area contributed by atoms with Crippen molar-refractivity contribution in [3.63, 3.8) is 0 Å². The Labute approximate surface area is 221 Å². The summed E-state index contributed by atoms with van der Waals surface area (Å²) in [5, 5.41) is 0. The lowest BCUT2D eigenvalue weighted by atomic mass is 9.81. The summed E-state index contributed by atoms with van der Waals surface area (Å²) < 4.78 is 0. The van der Waals surface area contributed by atoms with Crippen LogP contribution >= 0.6 is 0 Å². The second-order valence-electron chi connectivity index (χ2n) is 14.8. The van der Waals surface area contributed by atoms with Crippen molar-refractivity contribution >= 4 is 22.8 Å². The van der Waals surface area contributed by atoms with Crippen LogP contribution in [0.15, 0.2) is 46.4 Å². The van der Waals surface area contributed by atoms with Crippen molar-refractivity contribution in [3.8, 4) is 0 Å². The Hall–Kier alpha value is -2.22. The van der Waals surface area contributed by atoms with Gasteiger partial charge in [-0.1, -0.05) is 107 Å². The van der Waals surface area contributed by atoms with Gasteiger partial charge in [0.15, 0.2) is 0 Å². The molecule has 0 amide bonds. The minimum atomic E-state index is 0.0300. The van der Waals surface area contributed by atoms with Crippen LogP contribution in [0.1, 0.15) is 131 Å². The molecule has 2 aromatic carbocycles. The second-order valence-corrected chi connectivity index (χ2v) is 14.8. The third-order valence-electron chi connectivity index (χ3n) is 7.26. The van der Waals surface area contributed by atoms with Gasteiger partial charge < -0.3 is 0 Å². The zero-order chi connectivity index (χ0) is 27.1. The Morgan fingerprint density at radius 1 is 0.472 bits per heavy atom. The molecule has 1 fully saturated rings. The molecule has 0 unspecified atom stereocenters. The van der Waals surface area contributed by atoms with E-state index in [1.54, 1.807) is 0 Å². The van der Waals surface area contributed by atoms with Gasteiger partial charge in [0.05, 0.1) is 22.8 Å². The monoisotopic (exact) mass is 486 g/mol. The van der Waals surface area contributed by atoms with E-state index in [0.717, 1.165) is 24.2 Å². The van der Waals surface area contributed by atoms with Gasteiger partial charge in [-0.25, -0.2) is 0 Å². The lowest BCUT2D eigenvalue weighted by molar-refractivity contribution is 0.578. The number of benzene rings is 2. The molecule has 2 aromatic rings. The van der Waals surface area contributed by atoms with E-state index < -0.39 is 0 Å². The van der Waals surface area contributed by atoms with Crippen LogP contribution in [-0.4, -0.2) is 11.4 Å². The lowest BCUT2D eigenvalue weighted by Crippen LogP contribution is -2.21. The molecule has 0 saturated heterocycles. The highest BCUT2D eigenvalue weighted by Crippen LogP contribution is 2.38. The first kappa shape index (κ1) is 28.4. The Bertz CT molecular complexity index is 1060. The van der Waals surface area contributed by atoms with Crippen molar-refractivity contribution in [2.24, 2.45) is 9.98 Å². The molecule has 0 N–H and O–H groups in total. The lowest BCUT2D eigenvalue weighted by Gasteiger charge is -2.27. The molecule has 0 spiro atoms. The molecule has 2 heteroatoms. The molecule has 1 aliphatic rings. The molecule has 2 nitrogen and oxygen atoms in total. The fraction of sp³-hybridized carbons (Fsp3) is 0.588. The molecule has 3 rings (SSSR count). The standard InChI is InChI=1S/C34H50N2/c1-31(2,3)23-17-19-25(33(7,8)9)29(21-23)35-27-15-13-14-16-28(27)36-30-22-24(32(4,5)6)18-20-26(30)34(10,11)12/h17-22H,13-16H2,1-12H3. The molecule has 196 valence electrons. The maximum atomic E-state index is 5.39. The van der Waals surface area contributed by atoms with Crippen LogP contribution in [-0.2, 0) is 21.7 Å². The zero-order valence-electron chi connectivity index (χ0n) is 25.2. The molecular weight excluding hydrogens is 436 g/mol. The maximum absolute atomic E-state index is 5.39. The third kappa shape index (κ3) is 6.75. The van der Waals surface area contributed by atoms with E-state index in [1.807, 2.05) is 0 Å². The van der Waals surface area contributed by atoms with E-state index in [2.05, 4.69) is 119 Å². The van der Waals surface area contributed by atoms with Gasteiger partial charge >= 0.3 is 0 Å². The van der Waals surface area contributed by atoms with Crippen LogP contribution in [0.3, 0.4) is 0 Å². The summed E-state index contributed by atoms with van der Waals surface area (Å²) in [5.74, 6) is 0. The van der Waals surface area contributed by atoms with E-state index in [0.29, 0.717) is 0 Å². The van der Waals surface area contributed by atoms with Crippen molar-refractivity contribution in [2.45, 2.75) is 130 Å². The van der Waals surface area contributed by atoms with E-state index >= 15 is 0 Å². The quantitative estimate of drug-likeness (QED) is 0.403. The Kier molecular flexibility index (Phi) is 7.81. The molecule has 36 heavy (non-hydrogen) atoms. The van der Waals surface area contributed by atoms with Crippen LogP contribution in [0, 0.1) is 0 Å². The van der Waals surface area contributed by atoms with Gasteiger partial charge in [0.25, 0.3) is 0 Å². The Morgan fingerprint density at radius 2 is 0.806 bits per heavy atom. The van der Waals surface area contributed by atoms with Gasteiger partial charge in [-0.15, -0.1) is 0 Å². The van der Waals surface area contributed by atoms with Crippen LogP contribution in [0.2, 0.25) is 0 Å². The first-order chi connectivity index (χ1) is 16.4. The summed E-state index contributed by atoms with van der Waals surface area (Å²) in [5.41, 5.74) is 10.1. The van der Waals surface area contributed by atoms with Crippen molar-refractivity contribution in [3.05, 3.63) is 58.7 Å². The zero-order valence-corrected chi connectivity index (χ0v) is 25.2. The molecule has 0 atom stereocenters. The Morgan fingerprint density at radius 3 is 1.08 bits per heavy atom. The summed E-state index contributed by atoms with van der Waals surface area (Å²) in [4.78, 5) is 10.8. The third-order valence-corrected chi connectivity index (χ3v) is 7.26. The van der Waals surface area contributed by atoms with Gasteiger partial charge in [-0.2, -0.15) is 0 Å². The van der Waals surface area contributed by atoms with Gasteiger partial charge in [0.2, 0.25) is 0 Å². The van der Waals surface area contributed by atoms with Crippen molar-refractivity contribution in [2.75, 3.05) is 0 Å². The minimum Gasteiger partial charge on any atom is -0.251 e.